The number of thiol groups is 1. The van der Waals surface area contributed by atoms with Gasteiger partial charge in [-0.1, -0.05) is 0 Å². The van der Waals surface area contributed by atoms with Crippen molar-refractivity contribution in [3.63, 3.8) is 0 Å². The SMILES string of the molecule is Nc1nc(F)nc2c1ncn2[C@@H]1O[C@H](CO)[C@@H](S)[C@H]1O. The van der Waals surface area contributed by atoms with E-state index in [9.17, 15) is 9.50 Å². The van der Waals surface area contributed by atoms with Gasteiger partial charge in [-0.3, -0.25) is 4.57 Å². The molecule has 8 nitrogen and oxygen atoms in total. The van der Waals surface area contributed by atoms with Crippen molar-refractivity contribution in [3.8, 4) is 0 Å². The zero-order valence-electron chi connectivity index (χ0n) is 10.1. The summed E-state index contributed by atoms with van der Waals surface area (Å²) in [7, 11) is 0. The summed E-state index contributed by atoms with van der Waals surface area (Å²) in [5.74, 6) is -0.0973. The first-order valence-corrected chi connectivity index (χ1v) is 6.32. The highest BCUT2D eigenvalue weighted by atomic mass is 32.1. The lowest BCUT2D eigenvalue weighted by Gasteiger charge is -2.16. The molecule has 1 saturated heterocycles. The van der Waals surface area contributed by atoms with Gasteiger partial charge in [-0.2, -0.15) is 27.0 Å². The van der Waals surface area contributed by atoms with Crippen LogP contribution in [-0.2, 0) is 4.74 Å². The highest BCUT2D eigenvalue weighted by Crippen LogP contribution is 2.34. The van der Waals surface area contributed by atoms with E-state index in [2.05, 4.69) is 27.6 Å². The summed E-state index contributed by atoms with van der Waals surface area (Å²) in [6.45, 7) is -0.292. The topological polar surface area (TPSA) is 119 Å². The molecular formula is C10H12FN5O3S. The van der Waals surface area contributed by atoms with Crippen LogP contribution >= 0.6 is 12.6 Å². The maximum absolute atomic E-state index is 13.3. The number of fused-ring (bicyclic) bond motifs is 1. The molecule has 0 bridgehead atoms. The smallest absolute Gasteiger partial charge is 0.312 e. The lowest BCUT2D eigenvalue weighted by Crippen LogP contribution is -2.28. The molecule has 0 unspecified atom stereocenters. The molecule has 0 spiro atoms. The predicted octanol–water partition coefficient (Wildman–Crippen LogP) is -0.903. The van der Waals surface area contributed by atoms with Crippen LogP contribution in [0.3, 0.4) is 0 Å². The Hall–Kier alpha value is -1.49. The van der Waals surface area contributed by atoms with E-state index in [1.165, 1.54) is 10.9 Å². The average molecular weight is 301 g/mol. The second-order valence-electron chi connectivity index (χ2n) is 4.43. The van der Waals surface area contributed by atoms with E-state index in [1.807, 2.05) is 0 Å². The molecule has 20 heavy (non-hydrogen) atoms. The average Bonchev–Trinajstić information content (AvgIpc) is 2.93. The van der Waals surface area contributed by atoms with Crippen molar-refractivity contribution >= 4 is 29.6 Å². The number of hydrogen-bond donors (Lipinski definition) is 4. The van der Waals surface area contributed by atoms with Crippen molar-refractivity contribution in [2.24, 2.45) is 0 Å². The van der Waals surface area contributed by atoms with Crippen LogP contribution in [0.4, 0.5) is 10.2 Å². The summed E-state index contributed by atoms with van der Waals surface area (Å²) >= 11 is 4.19. The molecule has 0 amide bonds. The Labute approximate surface area is 117 Å². The fourth-order valence-electron chi connectivity index (χ4n) is 2.21. The van der Waals surface area contributed by atoms with Crippen molar-refractivity contribution in [1.29, 1.82) is 0 Å². The summed E-state index contributed by atoms with van der Waals surface area (Å²) in [6.07, 6.45) is -2.20. The molecular weight excluding hydrogens is 289 g/mol. The molecule has 4 atom stereocenters. The Kier molecular flexibility index (Phi) is 3.24. The van der Waals surface area contributed by atoms with Crippen molar-refractivity contribution < 1.29 is 19.3 Å². The molecule has 2 aromatic heterocycles. The van der Waals surface area contributed by atoms with Crippen molar-refractivity contribution in [2.45, 2.75) is 23.7 Å². The molecule has 4 N–H and O–H groups in total. The van der Waals surface area contributed by atoms with E-state index in [-0.39, 0.29) is 23.6 Å². The molecule has 1 aliphatic rings. The number of nitrogens with two attached hydrogens (primary N) is 1. The zero-order valence-corrected chi connectivity index (χ0v) is 11.0. The molecule has 108 valence electrons. The zero-order chi connectivity index (χ0) is 14.4. The first-order valence-electron chi connectivity index (χ1n) is 5.81. The molecule has 10 heteroatoms. The maximum atomic E-state index is 13.3. The number of nitrogen functional groups attached to an aromatic ring is 1. The fourth-order valence-corrected chi connectivity index (χ4v) is 2.52. The standard InChI is InChI=1S/C10H12FN5O3S/c11-10-14-7(12)4-8(15-10)16(2-13-4)9-5(18)6(20)3(1-17)19-9/h2-3,5-6,9,17-18,20H,1H2,(H2,12,14,15)/t3-,5-,6-,9-/m1/s1. The molecule has 3 heterocycles. The van der Waals surface area contributed by atoms with Gasteiger partial charge in [0.25, 0.3) is 0 Å². The third-order valence-corrected chi connectivity index (χ3v) is 3.85. The number of nitrogens with zero attached hydrogens (tertiary/aromatic N) is 4. The minimum atomic E-state index is -1.01. The monoisotopic (exact) mass is 301 g/mol. The number of anilines is 1. The number of aliphatic hydroxyl groups is 2. The van der Waals surface area contributed by atoms with Crippen molar-refractivity contribution in [3.05, 3.63) is 12.4 Å². The van der Waals surface area contributed by atoms with Gasteiger partial charge in [-0.25, -0.2) is 4.98 Å². The second-order valence-corrected chi connectivity index (χ2v) is 5.03. The third-order valence-electron chi connectivity index (χ3n) is 3.21. The van der Waals surface area contributed by atoms with Crippen molar-refractivity contribution in [2.75, 3.05) is 12.3 Å². The summed E-state index contributed by atoms with van der Waals surface area (Å²) in [5.41, 5.74) is 5.88. The Balaban J connectivity index is 2.07. The fraction of sp³-hybridized carbons (Fsp3) is 0.500. The number of ether oxygens (including phenoxy) is 1. The van der Waals surface area contributed by atoms with E-state index in [0.29, 0.717) is 0 Å². The summed E-state index contributed by atoms with van der Waals surface area (Å²) in [5, 5.41) is 18.7. The molecule has 0 saturated carbocycles. The first kappa shape index (κ1) is 13.5. The number of imidazole rings is 1. The minimum absolute atomic E-state index is 0.0973. The lowest BCUT2D eigenvalue weighted by atomic mass is 10.2. The van der Waals surface area contributed by atoms with Crippen LogP contribution in [0, 0.1) is 6.08 Å². The normalized spacial score (nSPS) is 30.2. The molecule has 2 aromatic rings. The highest BCUT2D eigenvalue weighted by Gasteiger charge is 2.43. The molecule has 0 aromatic carbocycles. The van der Waals surface area contributed by atoms with Gasteiger partial charge in [0.15, 0.2) is 23.2 Å². The third kappa shape index (κ3) is 1.92. The van der Waals surface area contributed by atoms with E-state index < -0.39 is 29.8 Å². The largest absolute Gasteiger partial charge is 0.394 e. The van der Waals surface area contributed by atoms with E-state index >= 15 is 0 Å². The van der Waals surface area contributed by atoms with E-state index in [4.69, 9.17) is 15.6 Å². The predicted molar refractivity (Wildman–Crippen MR) is 69.5 cm³/mol. The Bertz CT molecular complexity index is 653. The molecule has 1 aliphatic heterocycles. The van der Waals surface area contributed by atoms with Gasteiger partial charge in [0.05, 0.1) is 24.3 Å². The van der Waals surface area contributed by atoms with E-state index in [0.717, 1.165) is 0 Å². The van der Waals surface area contributed by atoms with Gasteiger partial charge >= 0.3 is 6.08 Å². The first-order chi connectivity index (χ1) is 9.52. The van der Waals surface area contributed by atoms with Crippen LogP contribution in [0.5, 0.6) is 0 Å². The van der Waals surface area contributed by atoms with Crippen LogP contribution in [0.25, 0.3) is 11.2 Å². The van der Waals surface area contributed by atoms with Gasteiger partial charge in [-0.15, -0.1) is 0 Å². The maximum Gasteiger partial charge on any atom is 0.312 e. The minimum Gasteiger partial charge on any atom is -0.394 e. The molecule has 0 radical (unpaired) electrons. The van der Waals surface area contributed by atoms with E-state index in [1.54, 1.807) is 0 Å². The number of halogens is 1. The van der Waals surface area contributed by atoms with Gasteiger partial charge in [0, 0.05) is 0 Å². The van der Waals surface area contributed by atoms with Crippen LogP contribution in [0.15, 0.2) is 6.33 Å². The number of aliphatic hydroxyl groups excluding tert-OH is 2. The van der Waals surface area contributed by atoms with Crippen LogP contribution in [-0.4, -0.2) is 53.8 Å². The Morgan fingerprint density at radius 3 is 2.90 bits per heavy atom. The van der Waals surface area contributed by atoms with Gasteiger partial charge in [0.1, 0.15) is 6.10 Å². The summed E-state index contributed by atoms with van der Waals surface area (Å²) in [6, 6.07) is 0. The second kappa shape index (κ2) is 4.81. The van der Waals surface area contributed by atoms with Crippen LogP contribution in [0.1, 0.15) is 6.23 Å². The summed E-state index contributed by atoms with van der Waals surface area (Å²) < 4.78 is 20.1. The summed E-state index contributed by atoms with van der Waals surface area (Å²) in [4.78, 5) is 11.0. The molecule has 3 rings (SSSR count). The number of rotatable bonds is 2. The Morgan fingerprint density at radius 1 is 1.50 bits per heavy atom. The van der Waals surface area contributed by atoms with Crippen LogP contribution in [0.2, 0.25) is 0 Å². The molecule has 1 fully saturated rings. The number of aromatic nitrogens is 4. The number of hydrogen-bond acceptors (Lipinski definition) is 8. The van der Waals surface area contributed by atoms with Crippen LogP contribution < -0.4 is 5.73 Å². The van der Waals surface area contributed by atoms with Gasteiger partial charge in [0.2, 0.25) is 0 Å². The quantitative estimate of drug-likeness (QED) is 0.419. The lowest BCUT2D eigenvalue weighted by molar-refractivity contribution is -0.0486. The van der Waals surface area contributed by atoms with Crippen molar-refractivity contribution in [1.82, 2.24) is 19.5 Å². The Morgan fingerprint density at radius 2 is 2.25 bits per heavy atom. The van der Waals surface area contributed by atoms with Gasteiger partial charge in [-0.05, 0) is 0 Å². The highest BCUT2D eigenvalue weighted by molar-refractivity contribution is 7.81. The van der Waals surface area contributed by atoms with Gasteiger partial charge < -0.3 is 20.7 Å². The molecule has 0 aliphatic carbocycles.